The fourth-order valence-electron chi connectivity index (χ4n) is 1.38. The molecule has 1 amide bonds. The van der Waals surface area contributed by atoms with Crippen LogP contribution in [0.25, 0.3) is 0 Å². The van der Waals surface area contributed by atoms with Gasteiger partial charge in [0.25, 0.3) is 0 Å². The van der Waals surface area contributed by atoms with Crippen molar-refractivity contribution in [2.45, 2.75) is 27.3 Å². The Kier molecular flexibility index (Phi) is 5.63. The van der Waals surface area contributed by atoms with Gasteiger partial charge in [-0.1, -0.05) is 13.8 Å². The van der Waals surface area contributed by atoms with Gasteiger partial charge in [0, 0.05) is 37.9 Å². The van der Waals surface area contributed by atoms with Crippen LogP contribution in [0.15, 0.2) is 18.5 Å². The Morgan fingerprint density at radius 1 is 1.41 bits per heavy atom. The van der Waals surface area contributed by atoms with Crippen LogP contribution in [0.1, 0.15) is 25.0 Å². The van der Waals surface area contributed by atoms with Crippen LogP contribution < -0.4 is 10.6 Å². The van der Waals surface area contributed by atoms with Crippen LogP contribution in [0.4, 0.5) is 0 Å². The quantitative estimate of drug-likeness (QED) is 0.730. The molecular weight excluding hydrogens is 214 g/mol. The predicted octanol–water partition coefficient (Wildman–Crippen LogP) is 1.25. The van der Waals surface area contributed by atoms with E-state index in [-0.39, 0.29) is 11.8 Å². The number of carbonyl (C=O) groups excluding carboxylic acids is 1. The minimum atomic E-state index is 0.0515. The van der Waals surface area contributed by atoms with Gasteiger partial charge in [0.05, 0.1) is 0 Å². The second kappa shape index (κ2) is 7.01. The van der Waals surface area contributed by atoms with Crippen molar-refractivity contribution in [3.05, 3.63) is 29.6 Å². The summed E-state index contributed by atoms with van der Waals surface area (Å²) in [6, 6.07) is 2.00. The van der Waals surface area contributed by atoms with Crippen molar-refractivity contribution >= 4 is 5.91 Å². The maximum absolute atomic E-state index is 11.3. The van der Waals surface area contributed by atoms with Gasteiger partial charge in [-0.25, -0.2) is 0 Å². The van der Waals surface area contributed by atoms with Gasteiger partial charge in [-0.15, -0.1) is 0 Å². The fraction of sp³-hybridized carbons (Fsp3) is 0.538. The number of aromatic nitrogens is 1. The third kappa shape index (κ3) is 4.95. The zero-order valence-electron chi connectivity index (χ0n) is 10.8. The number of hydrogen-bond acceptors (Lipinski definition) is 3. The Balaban J connectivity index is 2.17. The lowest BCUT2D eigenvalue weighted by atomic mass is 10.1. The van der Waals surface area contributed by atoms with Crippen molar-refractivity contribution in [3.63, 3.8) is 0 Å². The molecule has 0 saturated heterocycles. The van der Waals surface area contributed by atoms with Crippen LogP contribution in [0.3, 0.4) is 0 Å². The number of hydrogen-bond donors (Lipinski definition) is 2. The number of nitrogens with zero attached hydrogens (tertiary/aromatic N) is 1. The first-order valence-corrected chi connectivity index (χ1v) is 5.99. The second-order valence-electron chi connectivity index (χ2n) is 4.42. The normalized spacial score (nSPS) is 10.6. The van der Waals surface area contributed by atoms with Crippen molar-refractivity contribution in [2.75, 3.05) is 13.1 Å². The summed E-state index contributed by atoms with van der Waals surface area (Å²) in [7, 11) is 0. The maximum atomic E-state index is 11.3. The second-order valence-corrected chi connectivity index (χ2v) is 4.42. The first-order valence-electron chi connectivity index (χ1n) is 5.99. The van der Waals surface area contributed by atoms with E-state index in [2.05, 4.69) is 22.5 Å². The number of nitrogens with one attached hydrogen (secondary N) is 2. The Morgan fingerprint density at radius 2 is 2.18 bits per heavy atom. The Morgan fingerprint density at radius 3 is 2.82 bits per heavy atom. The van der Waals surface area contributed by atoms with Crippen molar-refractivity contribution in [1.29, 1.82) is 0 Å². The molecule has 4 heteroatoms. The highest BCUT2D eigenvalue weighted by molar-refractivity contribution is 5.77. The summed E-state index contributed by atoms with van der Waals surface area (Å²) < 4.78 is 0. The topological polar surface area (TPSA) is 54.0 Å². The van der Waals surface area contributed by atoms with E-state index in [1.807, 2.05) is 26.1 Å². The molecule has 0 aliphatic heterocycles. The van der Waals surface area contributed by atoms with Gasteiger partial charge in [0.15, 0.2) is 0 Å². The molecule has 1 heterocycles. The Hall–Kier alpha value is -1.42. The number of pyridine rings is 1. The first kappa shape index (κ1) is 13.6. The predicted molar refractivity (Wildman–Crippen MR) is 68.5 cm³/mol. The smallest absolute Gasteiger partial charge is 0.222 e. The minimum absolute atomic E-state index is 0.0515. The third-order valence-corrected chi connectivity index (χ3v) is 2.59. The standard InChI is InChI=1S/C13H21N3O/c1-10(2)13(17)16-7-6-15-9-12-8-14-5-4-11(12)3/h4-5,8,10,15H,6-7,9H2,1-3H3,(H,16,17). The van der Waals surface area contributed by atoms with Crippen molar-refractivity contribution in [3.8, 4) is 0 Å². The molecule has 94 valence electrons. The van der Waals surface area contributed by atoms with Crippen molar-refractivity contribution in [2.24, 2.45) is 5.92 Å². The highest BCUT2D eigenvalue weighted by atomic mass is 16.1. The number of aryl methyl sites for hydroxylation is 1. The molecule has 17 heavy (non-hydrogen) atoms. The van der Waals surface area contributed by atoms with Crippen molar-refractivity contribution in [1.82, 2.24) is 15.6 Å². The van der Waals surface area contributed by atoms with Crippen molar-refractivity contribution < 1.29 is 4.79 Å². The highest BCUT2D eigenvalue weighted by Gasteiger charge is 2.04. The number of carbonyl (C=O) groups is 1. The van der Waals surface area contributed by atoms with E-state index in [0.29, 0.717) is 6.54 Å². The highest BCUT2D eigenvalue weighted by Crippen LogP contribution is 2.03. The van der Waals surface area contributed by atoms with Crippen LogP contribution in [0.5, 0.6) is 0 Å². The van der Waals surface area contributed by atoms with E-state index in [0.717, 1.165) is 13.1 Å². The lowest BCUT2D eigenvalue weighted by Crippen LogP contribution is -2.34. The molecule has 1 rings (SSSR count). The molecule has 0 fully saturated rings. The monoisotopic (exact) mass is 235 g/mol. The van der Waals surface area contributed by atoms with E-state index in [4.69, 9.17) is 0 Å². The molecule has 0 atom stereocenters. The van der Waals surface area contributed by atoms with Gasteiger partial charge in [-0.2, -0.15) is 0 Å². The average Bonchev–Trinajstić information content (AvgIpc) is 2.30. The summed E-state index contributed by atoms with van der Waals surface area (Å²) in [5.74, 6) is 0.153. The summed E-state index contributed by atoms with van der Waals surface area (Å²) in [6.45, 7) is 8.07. The van der Waals surface area contributed by atoms with Crippen LogP contribution in [-0.4, -0.2) is 24.0 Å². The molecule has 0 bridgehead atoms. The zero-order valence-corrected chi connectivity index (χ0v) is 10.8. The molecule has 1 aromatic rings. The van der Waals surface area contributed by atoms with Gasteiger partial charge in [-0.05, 0) is 24.1 Å². The van der Waals surface area contributed by atoms with Crippen LogP contribution in [0, 0.1) is 12.8 Å². The van der Waals surface area contributed by atoms with Gasteiger partial charge in [0.1, 0.15) is 0 Å². The summed E-state index contributed by atoms with van der Waals surface area (Å²) in [4.78, 5) is 15.4. The molecule has 0 radical (unpaired) electrons. The molecule has 0 saturated carbocycles. The molecule has 0 aromatic carbocycles. The lowest BCUT2D eigenvalue weighted by Gasteiger charge is -2.09. The average molecular weight is 235 g/mol. The summed E-state index contributed by atoms with van der Waals surface area (Å²) in [5.41, 5.74) is 2.43. The molecule has 0 aliphatic carbocycles. The summed E-state index contributed by atoms with van der Waals surface area (Å²) >= 11 is 0. The zero-order chi connectivity index (χ0) is 12.7. The molecular formula is C13H21N3O. The van der Waals surface area contributed by atoms with E-state index >= 15 is 0 Å². The van der Waals surface area contributed by atoms with E-state index in [1.165, 1.54) is 11.1 Å². The Bertz CT molecular complexity index is 363. The molecule has 0 unspecified atom stereocenters. The molecule has 0 aliphatic rings. The Labute approximate surface area is 103 Å². The third-order valence-electron chi connectivity index (χ3n) is 2.59. The number of rotatable bonds is 6. The van der Waals surface area contributed by atoms with Gasteiger partial charge >= 0.3 is 0 Å². The van der Waals surface area contributed by atoms with E-state index < -0.39 is 0 Å². The minimum Gasteiger partial charge on any atom is -0.355 e. The maximum Gasteiger partial charge on any atom is 0.222 e. The summed E-state index contributed by atoms with van der Waals surface area (Å²) in [6.07, 6.45) is 3.66. The SMILES string of the molecule is Cc1ccncc1CNCCNC(=O)C(C)C. The van der Waals surface area contributed by atoms with Crippen LogP contribution >= 0.6 is 0 Å². The molecule has 4 nitrogen and oxygen atoms in total. The van der Waals surface area contributed by atoms with E-state index in [9.17, 15) is 4.79 Å². The number of amides is 1. The fourth-order valence-corrected chi connectivity index (χ4v) is 1.38. The largest absolute Gasteiger partial charge is 0.355 e. The lowest BCUT2D eigenvalue weighted by molar-refractivity contribution is -0.123. The summed E-state index contributed by atoms with van der Waals surface area (Å²) in [5, 5.41) is 6.15. The van der Waals surface area contributed by atoms with Crippen LogP contribution in [-0.2, 0) is 11.3 Å². The van der Waals surface area contributed by atoms with Crippen LogP contribution in [0.2, 0.25) is 0 Å². The van der Waals surface area contributed by atoms with E-state index in [1.54, 1.807) is 6.20 Å². The van der Waals surface area contributed by atoms with Gasteiger partial charge in [-0.3, -0.25) is 9.78 Å². The van der Waals surface area contributed by atoms with Gasteiger partial charge in [0.2, 0.25) is 5.91 Å². The molecule has 1 aromatic heterocycles. The molecule has 0 spiro atoms. The molecule has 2 N–H and O–H groups in total. The van der Waals surface area contributed by atoms with Gasteiger partial charge < -0.3 is 10.6 Å². The first-order chi connectivity index (χ1) is 8.11.